The summed E-state index contributed by atoms with van der Waals surface area (Å²) in [4.78, 5) is 4.05. The number of hydrogen-bond donors (Lipinski definition) is 0. The van der Waals surface area contributed by atoms with E-state index in [1.54, 1.807) is 19.9 Å². The zero-order valence-corrected chi connectivity index (χ0v) is 10.2. The van der Waals surface area contributed by atoms with Gasteiger partial charge in [0.2, 0.25) is 5.89 Å². The van der Waals surface area contributed by atoms with Crippen LogP contribution in [0.1, 0.15) is 30.1 Å². The Kier molecular flexibility index (Phi) is 3.46. The third-order valence-corrected chi connectivity index (χ3v) is 2.51. The van der Waals surface area contributed by atoms with Crippen LogP contribution in [-0.4, -0.2) is 16.5 Å². The van der Waals surface area contributed by atoms with Gasteiger partial charge in [0, 0.05) is 0 Å². The monoisotopic (exact) mass is 272 g/mol. The predicted molar refractivity (Wildman–Crippen MR) is 59.7 cm³/mol. The number of hydrogen-bond acceptors (Lipinski definition) is 4. The second-order valence-corrected chi connectivity index (χ2v) is 4.02. The molecule has 0 amide bonds. The van der Waals surface area contributed by atoms with Crippen molar-refractivity contribution in [3.05, 3.63) is 41.5 Å². The van der Waals surface area contributed by atoms with Crippen molar-refractivity contribution in [1.82, 2.24) is 10.1 Å². The zero-order valence-electron chi connectivity index (χ0n) is 10.2. The summed E-state index contributed by atoms with van der Waals surface area (Å²) in [5, 5.41) is 3.65. The SMILES string of the molecule is Cc1noc(C(C)c2cccc(OC(F)(F)F)c2)n1. The lowest BCUT2D eigenvalue weighted by atomic mass is 10.0. The van der Waals surface area contributed by atoms with Crippen LogP contribution in [0.3, 0.4) is 0 Å². The van der Waals surface area contributed by atoms with E-state index in [0.717, 1.165) is 0 Å². The Balaban J connectivity index is 2.23. The van der Waals surface area contributed by atoms with Crippen LogP contribution < -0.4 is 4.74 Å². The van der Waals surface area contributed by atoms with E-state index in [2.05, 4.69) is 14.9 Å². The lowest BCUT2D eigenvalue weighted by Crippen LogP contribution is -2.17. The van der Waals surface area contributed by atoms with E-state index in [1.165, 1.54) is 18.2 Å². The summed E-state index contributed by atoms with van der Waals surface area (Å²) < 4.78 is 45.3. The van der Waals surface area contributed by atoms with Gasteiger partial charge in [0.1, 0.15) is 5.75 Å². The van der Waals surface area contributed by atoms with Crippen molar-refractivity contribution in [3.63, 3.8) is 0 Å². The summed E-state index contributed by atoms with van der Waals surface area (Å²) in [5.41, 5.74) is 0.602. The highest BCUT2D eigenvalue weighted by molar-refractivity contribution is 5.32. The first-order valence-electron chi connectivity index (χ1n) is 5.51. The minimum Gasteiger partial charge on any atom is -0.406 e. The molecule has 1 heterocycles. The van der Waals surface area contributed by atoms with E-state index in [0.29, 0.717) is 17.3 Å². The zero-order chi connectivity index (χ0) is 14.0. The van der Waals surface area contributed by atoms with E-state index in [1.807, 2.05) is 0 Å². The van der Waals surface area contributed by atoms with Crippen LogP contribution >= 0.6 is 0 Å². The molecule has 0 aliphatic rings. The van der Waals surface area contributed by atoms with Crippen molar-refractivity contribution in [1.29, 1.82) is 0 Å². The first-order chi connectivity index (χ1) is 8.85. The van der Waals surface area contributed by atoms with E-state index >= 15 is 0 Å². The number of halogens is 3. The van der Waals surface area contributed by atoms with Crippen LogP contribution in [0.15, 0.2) is 28.8 Å². The number of nitrogens with zero attached hydrogens (tertiary/aromatic N) is 2. The minimum atomic E-state index is -4.71. The molecule has 102 valence electrons. The van der Waals surface area contributed by atoms with Gasteiger partial charge in [-0.25, -0.2) is 0 Å². The second-order valence-electron chi connectivity index (χ2n) is 4.02. The van der Waals surface area contributed by atoms with Gasteiger partial charge in [0.05, 0.1) is 5.92 Å². The van der Waals surface area contributed by atoms with Gasteiger partial charge in [0.25, 0.3) is 0 Å². The molecule has 0 bridgehead atoms. The molecule has 0 aliphatic heterocycles. The van der Waals surface area contributed by atoms with Crippen molar-refractivity contribution < 1.29 is 22.4 Å². The highest BCUT2D eigenvalue weighted by Crippen LogP contribution is 2.28. The Morgan fingerprint density at radius 1 is 1.32 bits per heavy atom. The van der Waals surface area contributed by atoms with Crippen LogP contribution in [0.4, 0.5) is 13.2 Å². The molecular formula is C12H11F3N2O2. The molecule has 19 heavy (non-hydrogen) atoms. The van der Waals surface area contributed by atoms with Crippen LogP contribution in [0, 0.1) is 6.92 Å². The highest BCUT2D eigenvalue weighted by Gasteiger charge is 2.31. The first kappa shape index (κ1) is 13.4. The number of benzene rings is 1. The van der Waals surface area contributed by atoms with Crippen molar-refractivity contribution in [3.8, 4) is 5.75 Å². The van der Waals surface area contributed by atoms with E-state index in [9.17, 15) is 13.2 Å². The Bertz CT molecular complexity index is 566. The van der Waals surface area contributed by atoms with Gasteiger partial charge in [-0.3, -0.25) is 0 Å². The molecule has 0 radical (unpaired) electrons. The average Bonchev–Trinajstić information content (AvgIpc) is 2.73. The van der Waals surface area contributed by atoms with Gasteiger partial charge in [-0.15, -0.1) is 13.2 Å². The Morgan fingerprint density at radius 3 is 2.63 bits per heavy atom. The summed E-state index contributed by atoms with van der Waals surface area (Å²) in [5.74, 6) is 0.247. The molecule has 7 heteroatoms. The highest BCUT2D eigenvalue weighted by atomic mass is 19.4. The molecule has 0 saturated carbocycles. The van der Waals surface area contributed by atoms with Gasteiger partial charge in [-0.1, -0.05) is 17.3 Å². The fraction of sp³-hybridized carbons (Fsp3) is 0.333. The normalized spacial score (nSPS) is 13.3. The van der Waals surface area contributed by atoms with E-state index in [4.69, 9.17) is 4.52 Å². The number of ether oxygens (including phenoxy) is 1. The van der Waals surface area contributed by atoms with Gasteiger partial charge in [-0.2, -0.15) is 4.98 Å². The Labute approximate surface area is 107 Å². The topological polar surface area (TPSA) is 48.2 Å². The lowest BCUT2D eigenvalue weighted by molar-refractivity contribution is -0.274. The second kappa shape index (κ2) is 4.91. The number of rotatable bonds is 3. The average molecular weight is 272 g/mol. The maximum absolute atomic E-state index is 12.1. The minimum absolute atomic E-state index is 0.270. The van der Waals surface area contributed by atoms with Crippen molar-refractivity contribution in [2.75, 3.05) is 0 Å². The van der Waals surface area contributed by atoms with Crippen LogP contribution in [-0.2, 0) is 0 Å². The van der Waals surface area contributed by atoms with Crippen molar-refractivity contribution in [2.45, 2.75) is 26.1 Å². The fourth-order valence-electron chi connectivity index (χ4n) is 1.61. The molecule has 2 rings (SSSR count). The summed E-state index contributed by atoms with van der Waals surface area (Å²) >= 11 is 0. The third kappa shape index (κ3) is 3.46. The molecule has 2 aromatic rings. The lowest BCUT2D eigenvalue weighted by Gasteiger charge is -2.11. The Hall–Kier alpha value is -2.05. The van der Waals surface area contributed by atoms with E-state index in [-0.39, 0.29) is 11.7 Å². The van der Waals surface area contributed by atoms with Crippen molar-refractivity contribution >= 4 is 0 Å². The summed E-state index contributed by atoms with van der Waals surface area (Å²) in [6, 6.07) is 5.70. The first-order valence-corrected chi connectivity index (χ1v) is 5.51. The Morgan fingerprint density at radius 2 is 2.05 bits per heavy atom. The molecule has 1 atom stereocenters. The molecular weight excluding hydrogens is 261 g/mol. The molecule has 0 aliphatic carbocycles. The number of aromatic nitrogens is 2. The standard InChI is InChI=1S/C12H11F3N2O2/c1-7(11-16-8(2)17-19-11)9-4-3-5-10(6-9)18-12(13,14)15/h3-7H,1-2H3. The summed E-state index contributed by atoms with van der Waals surface area (Å²) in [6.07, 6.45) is -4.71. The predicted octanol–water partition coefficient (Wildman–Crippen LogP) is 3.43. The van der Waals surface area contributed by atoms with Crippen LogP contribution in [0.2, 0.25) is 0 Å². The van der Waals surface area contributed by atoms with E-state index < -0.39 is 6.36 Å². The van der Waals surface area contributed by atoms with Gasteiger partial charge in [-0.05, 0) is 31.5 Å². The molecule has 4 nitrogen and oxygen atoms in total. The molecule has 0 fully saturated rings. The molecule has 0 N–H and O–H groups in total. The van der Waals surface area contributed by atoms with Gasteiger partial charge in [0.15, 0.2) is 5.82 Å². The third-order valence-electron chi connectivity index (χ3n) is 2.51. The number of aryl methyl sites for hydroxylation is 1. The smallest absolute Gasteiger partial charge is 0.406 e. The molecule has 0 saturated heterocycles. The van der Waals surface area contributed by atoms with Crippen LogP contribution in [0.25, 0.3) is 0 Å². The molecule has 1 aromatic carbocycles. The van der Waals surface area contributed by atoms with Crippen LogP contribution in [0.5, 0.6) is 5.75 Å². The molecule has 1 unspecified atom stereocenters. The van der Waals surface area contributed by atoms with Gasteiger partial charge < -0.3 is 9.26 Å². The molecule has 1 aromatic heterocycles. The molecule has 0 spiro atoms. The number of alkyl halides is 3. The van der Waals surface area contributed by atoms with Gasteiger partial charge >= 0.3 is 6.36 Å². The largest absolute Gasteiger partial charge is 0.573 e. The maximum Gasteiger partial charge on any atom is 0.573 e. The fourth-order valence-corrected chi connectivity index (χ4v) is 1.61. The maximum atomic E-state index is 12.1. The summed E-state index contributed by atoms with van der Waals surface area (Å²) in [6.45, 7) is 3.43. The van der Waals surface area contributed by atoms with Crippen molar-refractivity contribution in [2.24, 2.45) is 0 Å². The summed E-state index contributed by atoms with van der Waals surface area (Å²) in [7, 11) is 0. The quantitative estimate of drug-likeness (QED) is 0.858.